The maximum Gasteiger partial charge on any atom is 0.224 e. The van der Waals surface area contributed by atoms with Crippen molar-refractivity contribution in [3.05, 3.63) is 41.3 Å². The predicted octanol–water partition coefficient (Wildman–Crippen LogP) is 3.64. The number of anilines is 1. The van der Waals surface area contributed by atoms with Crippen LogP contribution in [0.3, 0.4) is 0 Å². The monoisotopic (exact) mass is 422 g/mol. The first-order chi connectivity index (χ1) is 15.1. The number of hydrogen-bond donors (Lipinski definition) is 1. The minimum atomic E-state index is -0.453. The summed E-state index contributed by atoms with van der Waals surface area (Å²) in [5, 5.41) is 0.607. The van der Waals surface area contributed by atoms with Gasteiger partial charge < -0.3 is 20.0 Å². The number of halogens is 1. The zero-order chi connectivity index (χ0) is 21.7. The van der Waals surface area contributed by atoms with Crippen LogP contribution in [0.15, 0.2) is 24.3 Å². The van der Waals surface area contributed by atoms with Gasteiger partial charge in [-0.25, -0.2) is 4.39 Å². The van der Waals surface area contributed by atoms with Crippen molar-refractivity contribution in [2.24, 2.45) is 0 Å². The van der Waals surface area contributed by atoms with Crippen LogP contribution in [0.5, 0.6) is 11.8 Å². The van der Waals surface area contributed by atoms with Crippen molar-refractivity contribution < 1.29 is 18.7 Å². The molecule has 31 heavy (non-hydrogen) atoms. The zero-order valence-corrected chi connectivity index (χ0v) is 17.4. The molecule has 1 aliphatic carbocycles. The smallest absolute Gasteiger partial charge is 0.224 e. The largest absolute Gasteiger partial charge is 0.481 e. The molecule has 1 aromatic carbocycles. The van der Waals surface area contributed by atoms with E-state index in [1.165, 1.54) is 20.3 Å². The van der Waals surface area contributed by atoms with E-state index in [9.17, 15) is 4.79 Å². The SMILES string of the molecule is COc1ccc(-c2c(F)ccc3c(N)c4c(nc23)CN(C2CCC2)C4C=O)c(OC)n1. The second kappa shape index (κ2) is 7.46. The number of ether oxygens (including phenoxy) is 2. The van der Waals surface area contributed by atoms with Crippen molar-refractivity contribution in [3.63, 3.8) is 0 Å². The number of nitrogen functional groups attached to an aromatic ring is 1. The Morgan fingerprint density at radius 3 is 2.61 bits per heavy atom. The molecule has 5 rings (SSSR count). The summed E-state index contributed by atoms with van der Waals surface area (Å²) in [5.74, 6) is 0.137. The number of nitrogens with two attached hydrogens (primary N) is 1. The van der Waals surface area contributed by atoms with Gasteiger partial charge in [0, 0.05) is 46.4 Å². The number of carbonyl (C=O) groups is 1. The fraction of sp³-hybridized carbons (Fsp3) is 0.348. The van der Waals surface area contributed by atoms with Gasteiger partial charge in [-0.3, -0.25) is 9.88 Å². The molecule has 2 aliphatic rings. The van der Waals surface area contributed by atoms with E-state index in [1.807, 2.05) is 0 Å². The number of carbonyl (C=O) groups excluding carboxylic acids is 1. The zero-order valence-electron chi connectivity index (χ0n) is 17.4. The van der Waals surface area contributed by atoms with Gasteiger partial charge in [0.2, 0.25) is 11.8 Å². The second-order valence-corrected chi connectivity index (χ2v) is 7.95. The highest BCUT2D eigenvalue weighted by atomic mass is 19.1. The third-order valence-electron chi connectivity index (χ3n) is 6.43. The third-order valence-corrected chi connectivity index (χ3v) is 6.43. The number of aromatic nitrogens is 2. The van der Waals surface area contributed by atoms with Gasteiger partial charge in [-0.1, -0.05) is 6.42 Å². The molecule has 3 aromatic rings. The topological polar surface area (TPSA) is 90.6 Å². The van der Waals surface area contributed by atoms with Crippen LogP contribution in [-0.4, -0.2) is 41.4 Å². The normalized spacial score (nSPS) is 18.6. The van der Waals surface area contributed by atoms with Crippen molar-refractivity contribution in [3.8, 4) is 22.9 Å². The van der Waals surface area contributed by atoms with Gasteiger partial charge in [-0.05, 0) is 31.0 Å². The lowest BCUT2D eigenvalue weighted by Gasteiger charge is -2.36. The maximum atomic E-state index is 15.1. The molecule has 1 aliphatic heterocycles. The number of hydrogen-bond acceptors (Lipinski definition) is 7. The fourth-order valence-electron chi connectivity index (χ4n) is 4.64. The lowest BCUT2D eigenvalue weighted by atomic mass is 9.90. The molecule has 0 spiro atoms. The van der Waals surface area contributed by atoms with E-state index in [-0.39, 0.29) is 11.4 Å². The quantitative estimate of drug-likeness (QED) is 0.628. The van der Waals surface area contributed by atoms with Gasteiger partial charge in [0.1, 0.15) is 12.1 Å². The minimum Gasteiger partial charge on any atom is -0.481 e. The van der Waals surface area contributed by atoms with Gasteiger partial charge in [-0.15, -0.1) is 0 Å². The van der Waals surface area contributed by atoms with E-state index >= 15 is 4.39 Å². The van der Waals surface area contributed by atoms with Crippen LogP contribution in [0.2, 0.25) is 0 Å². The highest BCUT2D eigenvalue weighted by Crippen LogP contribution is 2.45. The summed E-state index contributed by atoms with van der Waals surface area (Å²) in [4.78, 5) is 23.2. The molecule has 0 bridgehead atoms. The molecular formula is C23H23FN4O3. The molecule has 7 nitrogen and oxygen atoms in total. The Kier molecular flexibility index (Phi) is 4.74. The number of methoxy groups -OCH3 is 2. The Balaban J connectivity index is 1.74. The molecule has 1 fully saturated rings. The molecule has 8 heteroatoms. The lowest BCUT2D eigenvalue weighted by Crippen LogP contribution is -2.39. The number of nitrogens with zero attached hydrogens (tertiary/aromatic N) is 3. The van der Waals surface area contributed by atoms with Gasteiger partial charge in [0.05, 0.1) is 31.5 Å². The van der Waals surface area contributed by atoms with Crippen LogP contribution < -0.4 is 15.2 Å². The molecule has 1 saturated carbocycles. The van der Waals surface area contributed by atoms with Crippen LogP contribution >= 0.6 is 0 Å². The summed E-state index contributed by atoms with van der Waals surface area (Å²) in [6.45, 7) is 0.525. The number of fused-ring (bicyclic) bond motifs is 2. The Hall–Kier alpha value is -3.26. The van der Waals surface area contributed by atoms with Crippen LogP contribution in [0.4, 0.5) is 10.1 Å². The predicted molar refractivity (Wildman–Crippen MR) is 114 cm³/mol. The summed E-state index contributed by atoms with van der Waals surface area (Å²) in [5.41, 5.74) is 9.65. The third kappa shape index (κ3) is 2.93. The molecule has 2 N–H and O–H groups in total. The summed E-state index contributed by atoms with van der Waals surface area (Å²) < 4.78 is 25.7. The standard InChI is InChI=1S/C23H23FN4O3/c1-30-18-9-7-13(23(27-18)31-2)19-15(24)8-6-14-21(25)20-16(26-22(14)19)10-28(17(20)11-29)12-4-3-5-12/h6-9,11-12,17H,3-5,10H2,1-2H3,(H2,25,26). The molecule has 0 saturated heterocycles. The van der Waals surface area contributed by atoms with Crippen molar-refractivity contribution in [1.82, 2.24) is 14.9 Å². The Bertz CT molecular complexity index is 1200. The lowest BCUT2D eigenvalue weighted by molar-refractivity contribution is -0.113. The van der Waals surface area contributed by atoms with Crippen LogP contribution in [0.1, 0.15) is 36.6 Å². The number of rotatable bonds is 5. The van der Waals surface area contributed by atoms with E-state index in [0.717, 1.165) is 36.8 Å². The van der Waals surface area contributed by atoms with Crippen molar-refractivity contribution in [1.29, 1.82) is 0 Å². The van der Waals surface area contributed by atoms with Crippen molar-refractivity contribution in [2.45, 2.75) is 37.9 Å². The molecule has 2 aromatic heterocycles. The van der Waals surface area contributed by atoms with Crippen LogP contribution in [0, 0.1) is 5.82 Å². The Morgan fingerprint density at radius 2 is 1.97 bits per heavy atom. The van der Waals surface area contributed by atoms with Gasteiger partial charge in [-0.2, -0.15) is 4.98 Å². The summed E-state index contributed by atoms with van der Waals surface area (Å²) >= 11 is 0. The van der Waals surface area contributed by atoms with E-state index in [1.54, 1.807) is 18.2 Å². The van der Waals surface area contributed by atoms with Gasteiger partial charge in [0.25, 0.3) is 0 Å². The highest BCUT2D eigenvalue weighted by molar-refractivity contribution is 6.02. The number of aldehydes is 1. The molecule has 0 radical (unpaired) electrons. The first-order valence-corrected chi connectivity index (χ1v) is 10.3. The first kappa shape index (κ1) is 19.7. The number of benzene rings is 1. The molecule has 0 amide bonds. The Morgan fingerprint density at radius 1 is 1.16 bits per heavy atom. The molecule has 1 unspecified atom stereocenters. The Labute approximate surface area is 179 Å². The second-order valence-electron chi connectivity index (χ2n) is 7.95. The average Bonchev–Trinajstić information content (AvgIpc) is 3.10. The average molecular weight is 422 g/mol. The van der Waals surface area contributed by atoms with Crippen LogP contribution in [0.25, 0.3) is 22.0 Å². The van der Waals surface area contributed by atoms with E-state index < -0.39 is 11.9 Å². The molecule has 1 atom stereocenters. The molecule has 160 valence electrons. The van der Waals surface area contributed by atoms with Crippen molar-refractivity contribution >= 4 is 22.9 Å². The summed E-state index contributed by atoms with van der Waals surface area (Å²) in [6.07, 6.45) is 4.22. The van der Waals surface area contributed by atoms with Gasteiger partial charge >= 0.3 is 0 Å². The van der Waals surface area contributed by atoms with Crippen LogP contribution in [-0.2, 0) is 11.3 Å². The molecule has 3 heterocycles. The van der Waals surface area contributed by atoms with Gasteiger partial charge in [0.15, 0.2) is 0 Å². The fourth-order valence-corrected chi connectivity index (χ4v) is 4.64. The summed E-state index contributed by atoms with van der Waals surface area (Å²) in [6, 6.07) is 6.27. The maximum absolute atomic E-state index is 15.1. The molecular weight excluding hydrogens is 399 g/mol. The van der Waals surface area contributed by atoms with E-state index in [4.69, 9.17) is 20.2 Å². The first-order valence-electron chi connectivity index (χ1n) is 10.3. The number of pyridine rings is 2. The van der Waals surface area contributed by atoms with Crippen molar-refractivity contribution in [2.75, 3.05) is 20.0 Å². The summed E-state index contributed by atoms with van der Waals surface area (Å²) in [7, 11) is 2.97. The van der Waals surface area contributed by atoms with E-state index in [0.29, 0.717) is 40.6 Å². The minimum absolute atomic E-state index is 0.230. The highest BCUT2D eigenvalue weighted by Gasteiger charge is 2.40. The van der Waals surface area contributed by atoms with E-state index in [2.05, 4.69) is 9.88 Å².